The first-order chi connectivity index (χ1) is 11.0. The third kappa shape index (κ3) is 3.11. The number of hydrogen-bond acceptors (Lipinski definition) is 5. The number of aromatic nitrogens is 4. The van der Waals surface area contributed by atoms with Gasteiger partial charge in [0.15, 0.2) is 4.77 Å². The Kier molecular flexibility index (Phi) is 3.90. The number of nitrogens with zero attached hydrogens (tertiary/aromatic N) is 2. The topological polar surface area (TPSA) is 92.8 Å². The van der Waals surface area contributed by atoms with E-state index in [0.717, 1.165) is 0 Å². The first-order valence-corrected chi connectivity index (χ1v) is 7.12. The molecule has 0 saturated carbocycles. The second-order valence-corrected chi connectivity index (χ2v) is 5.13. The molecule has 2 heterocycles. The van der Waals surface area contributed by atoms with Crippen molar-refractivity contribution in [3.8, 4) is 17.3 Å². The molecule has 7 nitrogen and oxygen atoms in total. The highest BCUT2D eigenvalue weighted by Crippen LogP contribution is 2.16. The molecule has 3 rings (SSSR count). The molecule has 0 bridgehead atoms. The summed E-state index contributed by atoms with van der Waals surface area (Å²) in [5, 5.41) is 4.13. The largest absolute Gasteiger partial charge is 0.430 e. The molecule has 0 fully saturated rings. The van der Waals surface area contributed by atoms with Gasteiger partial charge < -0.3 is 9.72 Å². The van der Waals surface area contributed by atoms with Crippen molar-refractivity contribution in [3.05, 3.63) is 73.6 Å². The van der Waals surface area contributed by atoms with Crippen molar-refractivity contribution in [3.63, 3.8) is 0 Å². The highest BCUT2D eigenvalue weighted by atomic mass is 32.1. The van der Waals surface area contributed by atoms with Crippen molar-refractivity contribution < 1.29 is 4.74 Å². The molecule has 0 amide bonds. The lowest BCUT2D eigenvalue weighted by molar-refractivity contribution is 0.434. The molecule has 116 valence electrons. The van der Waals surface area contributed by atoms with E-state index in [1.54, 1.807) is 31.2 Å². The molecule has 2 N–H and O–H groups in total. The zero-order valence-electron chi connectivity index (χ0n) is 12.1. The molecule has 0 aliphatic rings. The summed E-state index contributed by atoms with van der Waals surface area (Å²) in [5.74, 6) is 0.164. The Labute approximate surface area is 135 Å². The highest BCUT2D eigenvalue weighted by molar-refractivity contribution is 7.71. The highest BCUT2D eigenvalue weighted by Gasteiger charge is 2.10. The van der Waals surface area contributed by atoms with Gasteiger partial charge >= 0.3 is 0 Å². The van der Waals surface area contributed by atoms with Gasteiger partial charge in [0.2, 0.25) is 11.6 Å². The van der Waals surface area contributed by atoms with Crippen LogP contribution in [-0.4, -0.2) is 19.7 Å². The SMILES string of the molecule is Cc1[nH]c(=S)[nH]c(=O)c1Oc1ccc(=O)n(-c2ccccc2)n1. The van der Waals surface area contributed by atoms with Crippen molar-refractivity contribution in [2.75, 3.05) is 0 Å². The molecular formula is C15H12N4O3S. The molecule has 0 unspecified atom stereocenters. The average Bonchev–Trinajstić information content (AvgIpc) is 2.53. The lowest BCUT2D eigenvalue weighted by Gasteiger charge is -2.09. The van der Waals surface area contributed by atoms with E-state index in [4.69, 9.17) is 17.0 Å². The number of rotatable bonds is 3. The summed E-state index contributed by atoms with van der Waals surface area (Å²) >= 11 is 4.89. The molecule has 0 aliphatic carbocycles. The van der Waals surface area contributed by atoms with Crippen LogP contribution in [0.2, 0.25) is 0 Å². The van der Waals surface area contributed by atoms with Crippen molar-refractivity contribution in [2.24, 2.45) is 0 Å². The summed E-state index contributed by atoms with van der Waals surface area (Å²) < 4.78 is 6.93. The van der Waals surface area contributed by atoms with Crippen LogP contribution in [0.5, 0.6) is 11.6 Å². The van der Waals surface area contributed by atoms with Gasteiger partial charge in [0, 0.05) is 12.1 Å². The minimum absolute atomic E-state index is 0.0457. The summed E-state index contributed by atoms with van der Waals surface area (Å²) in [6.07, 6.45) is 0. The summed E-state index contributed by atoms with van der Waals surface area (Å²) in [6.45, 7) is 1.66. The van der Waals surface area contributed by atoms with Gasteiger partial charge in [0.1, 0.15) is 0 Å². The maximum absolute atomic E-state index is 12.0. The monoisotopic (exact) mass is 328 g/mol. The van der Waals surface area contributed by atoms with Gasteiger partial charge in [-0.2, -0.15) is 4.68 Å². The second-order valence-electron chi connectivity index (χ2n) is 4.72. The van der Waals surface area contributed by atoms with Crippen molar-refractivity contribution in [1.29, 1.82) is 0 Å². The quantitative estimate of drug-likeness (QED) is 0.718. The fourth-order valence-electron chi connectivity index (χ4n) is 2.02. The number of hydrogen-bond donors (Lipinski definition) is 2. The lowest BCUT2D eigenvalue weighted by atomic mass is 10.3. The Balaban J connectivity index is 2.05. The third-order valence-corrected chi connectivity index (χ3v) is 3.26. The first kappa shape index (κ1) is 14.9. The van der Waals surface area contributed by atoms with E-state index < -0.39 is 5.56 Å². The molecule has 0 aliphatic heterocycles. The maximum Gasteiger partial charge on any atom is 0.295 e. The molecule has 0 atom stereocenters. The molecule has 1 aromatic carbocycles. The zero-order valence-corrected chi connectivity index (χ0v) is 12.9. The van der Waals surface area contributed by atoms with Gasteiger partial charge in [0.25, 0.3) is 11.1 Å². The second kappa shape index (κ2) is 6.01. The first-order valence-electron chi connectivity index (χ1n) is 6.71. The van der Waals surface area contributed by atoms with Gasteiger partial charge in [-0.15, -0.1) is 5.10 Å². The average molecular weight is 328 g/mol. The fourth-order valence-corrected chi connectivity index (χ4v) is 2.26. The summed E-state index contributed by atoms with van der Waals surface area (Å²) in [6, 6.07) is 11.6. The molecule has 3 aromatic rings. The molecular weight excluding hydrogens is 316 g/mol. The van der Waals surface area contributed by atoms with E-state index in [2.05, 4.69) is 15.1 Å². The maximum atomic E-state index is 12.0. The van der Waals surface area contributed by atoms with Crippen LogP contribution < -0.4 is 15.9 Å². The number of nitrogens with one attached hydrogen (secondary N) is 2. The zero-order chi connectivity index (χ0) is 16.4. The van der Waals surface area contributed by atoms with E-state index in [9.17, 15) is 9.59 Å². The van der Waals surface area contributed by atoms with Crippen LogP contribution in [0.1, 0.15) is 5.69 Å². The van der Waals surface area contributed by atoms with Gasteiger partial charge in [0.05, 0.1) is 11.4 Å². The van der Waals surface area contributed by atoms with E-state index in [0.29, 0.717) is 11.4 Å². The van der Waals surface area contributed by atoms with E-state index in [1.165, 1.54) is 16.8 Å². The number of para-hydroxylation sites is 1. The Morgan fingerprint density at radius 2 is 1.83 bits per heavy atom. The van der Waals surface area contributed by atoms with Gasteiger partial charge in [-0.3, -0.25) is 14.6 Å². The van der Waals surface area contributed by atoms with Crippen LogP contribution >= 0.6 is 12.2 Å². The van der Waals surface area contributed by atoms with Crippen LogP contribution in [0.4, 0.5) is 0 Å². The molecule has 2 aromatic heterocycles. The molecule has 0 radical (unpaired) electrons. The number of ether oxygens (including phenoxy) is 1. The van der Waals surface area contributed by atoms with Gasteiger partial charge in [-0.25, -0.2) is 0 Å². The van der Waals surface area contributed by atoms with E-state index in [1.807, 2.05) is 6.07 Å². The minimum atomic E-state index is -0.467. The standard InChI is InChI=1S/C15H12N4O3S/c1-9-13(14(21)17-15(23)16-9)22-11-7-8-12(20)19(18-11)10-5-3-2-4-6-10/h2-8H,1H3,(H2,16,17,21,23). The van der Waals surface area contributed by atoms with Gasteiger partial charge in [-0.1, -0.05) is 18.2 Å². The molecule has 0 saturated heterocycles. The van der Waals surface area contributed by atoms with E-state index in [-0.39, 0.29) is 22.0 Å². The van der Waals surface area contributed by atoms with Crippen LogP contribution in [0.25, 0.3) is 5.69 Å². The third-order valence-electron chi connectivity index (χ3n) is 3.06. The van der Waals surface area contributed by atoms with Gasteiger partial charge in [-0.05, 0) is 31.3 Å². The Hall–Kier alpha value is -3.00. The number of aryl methyl sites for hydroxylation is 1. The molecule has 23 heavy (non-hydrogen) atoms. The van der Waals surface area contributed by atoms with Crippen LogP contribution in [-0.2, 0) is 0 Å². The predicted molar refractivity (Wildman–Crippen MR) is 86.9 cm³/mol. The van der Waals surface area contributed by atoms with Crippen molar-refractivity contribution in [1.82, 2.24) is 19.7 Å². The normalized spacial score (nSPS) is 10.5. The summed E-state index contributed by atoms with van der Waals surface area (Å²) in [7, 11) is 0. The number of H-pyrrole nitrogens is 2. The van der Waals surface area contributed by atoms with Crippen LogP contribution in [0.15, 0.2) is 52.1 Å². The summed E-state index contributed by atoms with van der Waals surface area (Å²) in [5.41, 5.74) is 0.297. The Bertz CT molecular complexity index is 1020. The number of aromatic amines is 2. The molecule has 8 heteroatoms. The Morgan fingerprint density at radius 1 is 1.09 bits per heavy atom. The van der Waals surface area contributed by atoms with Crippen LogP contribution in [0.3, 0.4) is 0 Å². The van der Waals surface area contributed by atoms with Crippen molar-refractivity contribution in [2.45, 2.75) is 6.92 Å². The minimum Gasteiger partial charge on any atom is -0.430 e. The predicted octanol–water partition coefficient (Wildman–Crippen LogP) is 2.08. The number of benzene rings is 1. The molecule has 0 spiro atoms. The smallest absolute Gasteiger partial charge is 0.295 e. The summed E-state index contributed by atoms with van der Waals surface area (Å²) in [4.78, 5) is 29.1. The van der Waals surface area contributed by atoms with E-state index >= 15 is 0 Å². The lowest BCUT2D eigenvalue weighted by Crippen LogP contribution is -2.21. The van der Waals surface area contributed by atoms with Crippen LogP contribution in [0, 0.1) is 11.7 Å². The Morgan fingerprint density at radius 3 is 2.52 bits per heavy atom. The van der Waals surface area contributed by atoms with Crippen molar-refractivity contribution >= 4 is 12.2 Å². The fraction of sp³-hybridized carbons (Fsp3) is 0.0667.